The number of nitrogens with two attached hydrogens (primary N) is 1. The first-order valence-electron chi connectivity index (χ1n) is 5.67. The SMILES string of the molecule is CCOC(=O)CCN(C)c1ccc(C(N)=S)nc1. The molecular weight excluding hydrogens is 250 g/mol. The lowest BCUT2D eigenvalue weighted by Gasteiger charge is -2.18. The molecule has 0 spiro atoms. The lowest BCUT2D eigenvalue weighted by molar-refractivity contribution is -0.142. The predicted molar refractivity (Wildman–Crippen MR) is 74.6 cm³/mol. The molecular formula is C12H17N3O2S. The van der Waals surface area contributed by atoms with Crippen LogP contribution in [0.4, 0.5) is 5.69 Å². The minimum absolute atomic E-state index is 0.197. The van der Waals surface area contributed by atoms with E-state index in [1.807, 2.05) is 18.0 Å². The predicted octanol–water partition coefficient (Wildman–Crippen LogP) is 1.11. The van der Waals surface area contributed by atoms with Gasteiger partial charge >= 0.3 is 5.97 Å². The Kier molecular flexibility index (Phi) is 5.51. The Balaban J connectivity index is 2.53. The molecule has 0 aliphatic heterocycles. The smallest absolute Gasteiger partial charge is 0.307 e. The van der Waals surface area contributed by atoms with Crippen LogP contribution in [0.25, 0.3) is 0 Å². The molecule has 0 radical (unpaired) electrons. The second-order valence-corrected chi connectivity index (χ2v) is 4.18. The van der Waals surface area contributed by atoms with Crippen LogP contribution in [0.3, 0.4) is 0 Å². The van der Waals surface area contributed by atoms with Crippen molar-refractivity contribution in [3.8, 4) is 0 Å². The number of anilines is 1. The van der Waals surface area contributed by atoms with Crippen LogP contribution in [-0.4, -0.2) is 36.1 Å². The highest BCUT2D eigenvalue weighted by Crippen LogP contribution is 2.11. The third kappa shape index (κ3) is 4.29. The highest BCUT2D eigenvalue weighted by Gasteiger charge is 2.07. The van der Waals surface area contributed by atoms with Crippen molar-refractivity contribution in [1.29, 1.82) is 0 Å². The maximum atomic E-state index is 11.2. The minimum Gasteiger partial charge on any atom is -0.466 e. The summed E-state index contributed by atoms with van der Waals surface area (Å²) < 4.78 is 4.86. The quantitative estimate of drug-likeness (QED) is 0.615. The summed E-state index contributed by atoms with van der Waals surface area (Å²) in [5.74, 6) is -0.197. The maximum Gasteiger partial charge on any atom is 0.307 e. The molecule has 0 amide bonds. The molecule has 1 heterocycles. The van der Waals surface area contributed by atoms with Crippen molar-refractivity contribution < 1.29 is 9.53 Å². The first-order chi connectivity index (χ1) is 8.54. The average Bonchev–Trinajstić information content (AvgIpc) is 2.36. The van der Waals surface area contributed by atoms with Crippen molar-refractivity contribution in [2.24, 2.45) is 5.73 Å². The highest BCUT2D eigenvalue weighted by molar-refractivity contribution is 7.80. The standard InChI is InChI=1S/C12H17N3O2S/c1-3-17-11(16)6-7-15(2)9-4-5-10(12(13)18)14-8-9/h4-5,8H,3,6-7H2,1-2H3,(H2,13,18). The van der Waals surface area contributed by atoms with Crippen LogP contribution in [-0.2, 0) is 9.53 Å². The Hall–Kier alpha value is -1.69. The number of hydrogen-bond donors (Lipinski definition) is 1. The van der Waals surface area contributed by atoms with Gasteiger partial charge in [-0.3, -0.25) is 9.78 Å². The van der Waals surface area contributed by atoms with E-state index in [4.69, 9.17) is 22.7 Å². The molecule has 0 aliphatic rings. The van der Waals surface area contributed by atoms with Crippen molar-refractivity contribution in [3.05, 3.63) is 24.0 Å². The van der Waals surface area contributed by atoms with E-state index in [0.717, 1.165) is 5.69 Å². The lowest BCUT2D eigenvalue weighted by Crippen LogP contribution is -2.22. The first-order valence-corrected chi connectivity index (χ1v) is 6.08. The van der Waals surface area contributed by atoms with Crippen molar-refractivity contribution in [1.82, 2.24) is 4.98 Å². The molecule has 0 aliphatic carbocycles. The number of carbonyl (C=O) groups is 1. The normalized spacial score (nSPS) is 9.89. The number of carbonyl (C=O) groups excluding carboxylic acids is 1. The van der Waals surface area contributed by atoms with E-state index in [1.165, 1.54) is 0 Å². The Morgan fingerprint density at radius 1 is 1.56 bits per heavy atom. The van der Waals surface area contributed by atoms with Crippen LogP contribution in [0, 0.1) is 0 Å². The summed E-state index contributed by atoms with van der Waals surface area (Å²) in [6.45, 7) is 2.78. The van der Waals surface area contributed by atoms with E-state index >= 15 is 0 Å². The topological polar surface area (TPSA) is 68.5 Å². The molecule has 0 bridgehead atoms. The summed E-state index contributed by atoms with van der Waals surface area (Å²) in [4.78, 5) is 17.6. The number of nitrogens with zero attached hydrogens (tertiary/aromatic N) is 2. The number of esters is 1. The second-order valence-electron chi connectivity index (χ2n) is 3.74. The highest BCUT2D eigenvalue weighted by atomic mass is 32.1. The first kappa shape index (κ1) is 14.4. The third-order valence-electron chi connectivity index (χ3n) is 2.40. The number of aromatic nitrogens is 1. The van der Waals surface area contributed by atoms with Crippen molar-refractivity contribution >= 4 is 28.9 Å². The second kappa shape index (κ2) is 6.90. The molecule has 0 fully saturated rings. The summed E-state index contributed by atoms with van der Waals surface area (Å²) in [6, 6.07) is 3.63. The van der Waals surface area contributed by atoms with E-state index < -0.39 is 0 Å². The number of ether oxygens (including phenoxy) is 1. The molecule has 2 N–H and O–H groups in total. The van der Waals surface area contributed by atoms with Gasteiger partial charge in [0, 0.05) is 13.6 Å². The summed E-state index contributed by atoms with van der Waals surface area (Å²) in [5, 5.41) is 0. The molecule has 0 saturated carbocycles. The van der Waals surface area contributed by atoms with E-state index in [-0.39, 0.29) is 11.0 Å². The Bertz CT molecular complexity index is 420. The van der Waals surface area contributed by atoms with Gasteiger partial charge in [-0.1, -0.05) is 12.2 Å². The molecule has 1 aromatic heterocycles. The fraction of sp³-hybridized carbons (Fsp3) is 0.417. The van der Waals surface area contributed by atoms with Gasteiger partial charge in [-0.15, -0.1) is 0 Å². The van der Waals surface area contributed by atoms with Gasteiger partial charge in [-0.25, -0.2) is 0 Å². The molecule has 98 valence electrons. The van der Waals surface area contributed by atoms with Crippen LogP contribution < -0.4 is 10.6 Å². The van der Waals surface area contributed by atoms with Gasteiger partial charge in [-0.2, -0.15) is 0 Å². The van der Waals surface area contributed by atoms with Crippen LogP contribution >= 0.6 is 12.2 Å². The van der Waals surface area contributed by atoms with E-state index in [0.29, 0.717) is 25.3 Å². The van der Waals surface area contributed by atoms with E-state index in [9.17, 15) is 4.79 Å². The maximum absolute atomic E-state index is 11.2. The van der Waals surface area contributed by atoms with Crippen LogP contribution in [0.1, 0.15) is 19.0 Å². The zero-order valence-corrected chi connectivity index (χ0v) is 11.4. The third-order valence-corrected chi connectivity index (χ3v) is 2.61. The molecule has 1 aromatic rings. The number of hydrogen-bond acceptors (Lipinski definition) is 5. The molecule has 0 saturated heterocycles. The Morgan fingerprint density at radius 2 is 2.28 bits per heavy atom. The Morgan fingerprint density at radius 3 is 2.78 bits per heavy atom. The molecule has 6 heteroatoms. The summed E-state index contributed by atoms with van der Waals surface area (Å²) in [7, 11) is 1.89. The van der Waals surface area contributed by atoms with Gasteiger partial charge in [0.2, 0.25) is 0 Å². The lowest BCUT2D eigenvalue weighted by atomic mass is 10.3. The molecule has 1 rings (SSSR count). The zero-order chi connectivity index (χ0) is 13.5. The van der Waals surface area contributed by atoms with Gasteiger partial charge in [0.1, 0.15) is 4.99 Å². The van der Waals surface area contributed by atoms with Crippen molar-refractivity contribution in [3.63, 3.8) is 0 Å². The summed E-state index contributed by atoms with van der Waals surface area (Å²) >= 11 is 4.83. The largest absolute Gasteiger partial charge is 0.466 e. The van der Waals surface area contributed by atoms with Crippen LogP contribution in [0.15, 0.2) is 18.3 Å². The fourth-order valence-corrected chi connectivity index (χ4v) is 1.50. The van der Waals surface area contributed by atoms with Crippen LogP contribution in [0.2, 0.25) is 0 Å². The summed E-state index contributed by atoms with van der Waals surface area (Å²) in [5.41, 5.74) is 6.96. The van der Waals surface area contributed by atoms with Crippen LogP contribution in [0.5, 0.6) is 0 Å². The average molecular weight is 267 g/mol. The fourth-order valence-electron chi connectivity index (χ4n) is 1.38. The monoisotopic (exact) mass is 267 g/mol. The van der Waals surface area contributed by atoms with Gasteiger partial charge in [0.05, 0.1) is 30.6 Å². The Labute approximate surface area is 112 Å². The number of pyridine rings is 1. The molecule has 18 heavy (non-hydrogen) atoms. The van der Waals surface area contributed by atoms with Gasteiger partial charge in [0.15, 0.2) is 0 Å². The van der Waals surface area contributed by atoms with Gasteiger partial charge in [0.25, 0.3) is 0 Å². The van der Waals surface area contributed by atoms with E-state index in [1.54, 1.807) is 19.2 Å². The van der Waals surface area contributed by atoms with E-state index in [2.05, 4.69) is 4.98 Å². The summed E-state index contributed by atoms with van der Waals surface area (Å²) in [6.07, 6.45) is 2.03. The van der Waals surface area contributed by atoms with Crippen molar-refractivity contribution in [2.45, 2.75) is 13.3 Å². The number of thiocarbonyl (C=S) groups is 1. The molecule has 5 nitrogen and oxygen atoms in total. The van der Waals surface area contributed by atoms with Gasteiger partial charge in [-0.05, 0) is 19.1 Å². The number of rotatable bonds is 6. The molecule has 0 atom stereocenters. The van der Waals surface area contributed by atoms with Gasteiger partial charge < -0.3 is 15.4 Å². The molecule has 0 unspecified atom stereocenters. The zero-order valence-electron chi connectivity index (χ0n) is 10.5. The minimum atomic E-state index is -0.197. The molecule has 0 aromatic carbocycles. The van der Waals surface area contributed by atoms with Crippen molar-refractivity contribution in [2.75, 3.05) is 25.1 Å².